The Morgan fingerprint density at radius 1 is 0.471 bits per heavy atom. The summed E-state index contributed by atoms with van der Waals surface area (Å²) in [5, 5.41) is 57.1. The fourth-order valence-electron chi connectivity index (χ4n) is 9.96. The van der Waals surface area contributed by atoms with Crippen molar-refractivity contribution < 1.29 is 49.3 Å². The minimum atomic E-state index is -1.63. The van der Waals surface area contributed by atoms with Gasteiger partial charge in [-0.3, -0.25) is 9.59 Å². The summed E-state index contributed by atoms with van der Waals surface area (Å²) in [6.07, 6.45) is 73.7. The van der Waals surface area contributed by atoms with E-state index in [1.807, 2.05) is 6.08 Å². The molecule has 0 aromatic carbocycles. The molecule has 85 heavy (non-hydrogen) atoms. The van der Waals surface area contributed by atoms with E-state index in [-0.39, 0.29) is 19.4 Å². The monoisotopic (exact) mass is 1190 g/mol. The Morgan fingerprint density at radius 3 is 1.29 bits per heavy atom. The van der Waals surface area contributed by atoms with E-state index >= 15 is 0 Å². The number of esters is 1. The highest BCUT2D eigenvalue weighted by molar-refractivity contribution is 5.80. The lowest BCUT2D eigenvalue weighted by molar-refractivity contribution is -0.305. The smallest absolute Gasteiger partial charge is 0.306 e. The van der Waals surface area contributed by atoms with Crippen LogP contribution in [-0.2, 0) is 23.8 Å². The van der Waals surface area contributed by atoms with Crippen LogP contribution in [0.5, 0.6) is 0 Å². The second kappa shape index (κ2) is 60.3. The molecule has 1 saturated heterocycles. The number of carbonyl (C=O) groups is 2. The number of carbonyl (C=O) groups excluding carboxylic acids is 2. The topological polar surface area (TPSA) is 175 Å². The molecule has 11 nitrogen and oxygen atoms in total. The first-order valence-electron chi connectivity index (χ1n) is 34.3. The minimum absolute atomic E-state index is 0.107. The van der Waals surface area contributed by atoms with Gasteiger partial charge in [0.05, 0.1) is 25.4 Å². The van der Waals surface area contributed by atoms with Gasteiger partial charge in [0.25, 0.3) is 0 Å². The number of allylic oxidation sites excluding steroid dienone is 19. The zero-order valence-electron chi connectivity index (χ0n) is 53.9. The van der Waals surface area contributed by atoms with E-state index in [9.17, 15) is 35.1 Å². The van der Waals surface area contributed by atoms with Gasteiger partial charge < -0.3 is 45.1 Å². The fourth-order valence-corrected chi connectivity index (χ4v) is 9.96. The molecule has 6 N–H and O–H groups in total. The molecule has 1 heterocycles. The Balaban J connectivity index is 2.62. The Bertz CT molecular complexity index is 1850. The van der Waals surface area contributed by atoms with Crippen molar-refractivity contribution in [3.8, 4) is 0 Å². The number of hydrogen-bond acceptors (Lipinski definition) is 10. The van der Waals surface area contributed by atoms with Gasteiger partial charge in [-0.15, -0.1) is 0 Å². The maximum atomic E-state index is 13.5. The molecule has 1 fully saturated rings. The van der Waals surface area contributed by atoms with Crippen LogP contribution in [-0.4, -0.2) is 99.6 Å². The summed E-state index contributed by atoms with van der Waals surface area (Å²) >= 11 is 0. The van der Waals surface area contributed by atoms with Crippen LogP contribution in [0, 0.1) is 0 Å². The van der Waals surface area contributed by atoms with E-state index < -0.39 is 67.4 Å². The number of aliphatic hydroxyl groups excluding tert-OH is 5. The van der Waals surface area contributed by atoms with E-state index in [0.29, 0.717) is 12.8 Å². The summed E-state index contributed by atoms with van der Waals surface area (Å²) < 4.78 is 17.7. The maximum Gasteiger partial charge on any atom is 0.306 e. The molecule has 0 spiro atoms. The number of rotatable bonds is 57. The van der Waals surface area contributed by atoms with Crippen LogP contribution in [0.15, 0.2) is 122 Å². The molecule has 486 valence electrons. The molecule has 11 heteroatoms. The summed E-state index contributed by atoms with van der Waals surface area (Å²) in [5.74, 6) is -1.22. The van der Waals surface area contributed by atoms with Gasteiger partial charge in [-0.2, -0.15) is 0 Å². The molecular weight excluding hydrogens is 1060 g/mol. The molecular formula is C74H125NO10. The van der Waals surface area contributed by atoms with Crippen molar-refractivity contribution in [2.45, 2.75) is 320 Å². The standard InChI is InChI=1S/C74H125NO10/c1-4-7-10-13-16-19-22-24-26-28-30-32-33-34-36-37-39-41-43-46-49-52-55-58-61-67(78)73(82)75-65(66(77)60-57-54-51-48-45-21-18-15-12-9-6-3)64-83-74-72(71(81)70(80)68(63-76)84-74)85-69(79)62-59-56-53-50-47-44-42-40-38-35-31-29-27-25-23-20-17-14-11-8-5-2/h7,10,16-17,19-20,24-27,30-32,34-36,39,41,57,60,65-68,70-72,74,76-78,80-81H,4-6,8-9,11-15,18,21-23,28-29,33,37-38,40,42-56,58-59,61-64H2,1-3H3,(H,75,82)/b10-7-,19-16-,20-17-,26-24-,27-25-,32-30-,35-31-,36-34-,41-39-,60-57+. The lowest BCUT2D eigenvalue weighted by Gasteiger charge is -2.41. The van der Waals surface area contributed by atoms with Crippen molar-refractivity contribution in [2.24, 2.45) is 0 Å². The van der Waals surface area contributed by atoms with Gasteiger partial charge in [-0.05, 0) is 116 Å². The normalized spacial score (nSPS) is 19.2. The predicted octanol–water partition coefficient (Wildman–Crippen LogP) is 17.4. The van der Waals surface area contributed by atoms with Gasteiger partial charge in [-0.25, -0.2) is 0 Å². The Labute approximate surface area is 519 Å². The van der Waals surface area contributed by atoms with E-state index in [1.165, 1.54) is 83.5 Å². The lowest BCUT2D eigenvalue weighted by atomic mass is 9.99. The molecule has 0 radical (unpaired) electrons. The summed E-state index contributed by atoms with van der Waals surface area (Å²) in [5.41, 5.74) is 0. The van der Waals surface area contributed by atoms with Gasteiger partial charge in [0, 0.05) is 6.42 Å². The third kappa shape index (κ3) is 47.8. The van der Waals surface area contributed by atoms with Gasteiger partial charge in [0.2, 0.25) is 5.91 Å². The predicted molar refractivity (Wildman–Crippen MR) is 356 cm³/mol. The van der Waals surface area contributed by atoms with Crippen molar-refractivity contribution in [3.63, 3.8) is 0 Å². The van der Waals surface area contributed by atoms with Crippen molar-refractivity contribution in [1.82, 2.24) is 5.32 Å². The minimum Gasteiger partial charge on any atom is -0.454 e. The number of ether oxygens (including phenoxy) is 3. The van der Waals surface area contributed by atoms with E-state index in [4.69, 9.17) is 14.2 Å². The van der Waals surface area contributed by atoms with E-state index in [0.717, 1.165) is 141 Å². The maximum absolute atomic E-state index is 13.5. The largest absolute Gasteiger partial charge is 0.454 e. The second-order valence-electron chi connectivity index (χ2n) is 23.2. The highest BCUT2D eigenvalue weighted by atomic mass is 16.7. The van der Waals surface area contributed by atoms with Crippen LogP contribution in [0.25, 0.3) is 0 Å². The highest BCUT2D eigenvalue weighted by Gasteiger charge is 2.47. The van der Waals surface area contributed by atoms with Crippen LogP contribution in [0.1, 0.15) is 271 Å². The molecule has 1 aliphatic heterocycles. The summed E-state index contributed by atoms with van der Waals surface area (Å²) in [6.45, 7) is 5.63. The van der Waals surface area contributed by atoms with Gasteiger partial charge in [-0.1, -0.05) is 271 Å². The molecule has 0 aromatic rings. The molecule has 1 rings (SSSR count). The number of unbranched alkanes of at least 4 members (excludes halogenated alkanes) is 25. The zero-order chi connectivity index (χ0) is 61.7. The average molecular weight is 1190 g/mol. The molecule has 8 atom stereocenters. The molecule has 0 bridgehead atoms. The number of aliphatic hydroxyl groups is 5. The van der Waals surface area contributed by atoms with Crippen molar-refractivity contribution in [3.05, 3.63) is 122 Å². The molecule has 0 saturated carbocycles. The van der Waals surface area contributed by atoms with Crippen molar-refractivity contribution >= 4 is 11.9 Å². The van der Waals surface area contributed by atoms with E-state index in [2.05, 4.69) is 135 Å². The zero-order valence-corrected chi connectivity index (χ0v) is 53.9. The average Bonchev–Trinajstić information content (AvgIpc) is 3.69. The number of amides is 1. The van der Waals surface area contributed by atoms with Crippen LogP contribution in [0.2, 0.25) is 0 Å². The summed E-state index contributed by atoms with van der Waals surface area (Å²) in [4.78, 5) is 26.6. The van der Waals surface area contributed by atoms with Crippen molar-refractivity contribution in [1.29, 1.82) is 0 Å². The molecule has 1 amide bonds. The molecule has 0 aliphatic carbocycles. The summed E-state index contributed by atoms with van der Waals surface area (Å²) in [6, 6.07) is -1.04. The quantitative estimate of drug-likeness (QED) is 0.0195. The van der Waals surface area contributed by atoms with Gasteiger partial charge in [0.15, 0.2) is 12.4 Å². The first kappa shape index (κ1) is 79.1. The van der Waals surface area contributed by atoms with E-state index in [1.54, 1.807) is 6.08 Å². The second-order valence-corrected chi connectivity index (χ2v) is 23.2. The third-order valence-corrected chi connectivity index (χ3v) is 15.3. The number of hydrogen-bond donors (Lipinski definition) is 6. The summed E-state index contributed by atoms with van der Waals surface area (Å²) in [7, 11) is 0. The van der Waals surface area contributed by atoms with Crippen LogP contribution >= 0.6 is 0 Å². The Kier molecular flexibility index (Phi) is 56.1. The first-order valence-corrected chi connectivity index (χ1v) is 34.3. The molecule has 0 aromatic heterocycles. The van der Waals surface area contributed by atoms with Crippen molar-refractivity contribution in [2.75, 3.05) is 13.2 Å². The van der Waals surface area contributed by atoms with Crippen LogP contribution in [0.3, 0.4) is 0 Å². The fraction of sp³-hybridized carbons (Fsp3) is 0.703. The van der Waals surface area contributed by atoms with Gasteiger partial charge in [0.1, 0.15) is 24.4 Å². The first-order chi connectivity index (χ1) is 41.7. The molecule has 1 aliphatic rings. The van der Waals surface area contributed by atoms with Crippen LogP contribution < -0.4 is 5.32 Å². The Morgan fingerprint density at radius 2 is 0.847 bits per heavy atom. The van der Waals surface area contributed by atoms with Gasteiger partial charge >= 0.3 is 5.97 Å². The number of nitrogens with one attached hydrogen (secondary N) is 1. The lowest BCUT2D eigenvalue weighted by Crippen LogP contribution is -2.61. The van der Waals surface area contributed by atoms with Crippen LogP contribution in [0.4, 0.5) is 0 Å². The Hall–Kier alpha value is -3.94. The highest BCUT2D eigenvalue weighted by Crippen LogP contribution is 2.26. The molecule has 8 unspecified atom stereocenters. The third-order valence-electron chi connectivity index (χ3n) is 15.3. The SMILES string of the molecule is CC/C=C\C/C=C\C/C=C\C/C=C\C/C=C\C/C=C\CCCCCCCC(O)C(=O)NC(COC1OC(CO)C(O)C(O)C1OC(=O)CCCCCCCCCC/C=C\C/C=C\C/C=C\CCCCC)C(O)/C=C/CCCCCCCCCCC.